The van der Waals surface area contributed by atoms with Gasteiger partial charge in [-0.05, 0) is 36.2 Å². The van der Waals surface area contributed by atoms with Crippen LogP contribution in [0.3, 0.4) is 0 Å². The van der Waals surface area contributed by atoms with Crippen LogP contribution in [0.1, 0.15) is 18.9 Å². The molecular weight excluding hydrogens is 365 g/mol. The van der Waals surface area contributed by atoms with Crippen molar-refractivity contribution in [1.29, 1.82) is 0 Å². The number of nitrogens with zero attached hydrogens (tertiary/aromatic N) is 1. The van der Waals surface area contributed by atoms with Crippen LogP contribution in [0.2, 0.25) is 0 Å². The van der Waals surface area contributed by atoms with Gasteiger partial charge in [0.15, 0.2) is 5.13 Å². The molecule has 0 spiro atoms. The Kier molecular flexibility index (Phi) is 5.93. The highest BCUT2D eigenvalue weighted by atomic mass is 32.1. The second kappa shape index (κ2) is 8.55. The number of halogens is 1. The summed E-state index contributed by atoms with van der Waals surface area (Å²) in [6.07, 6.45) is 0.834. The van der Waals surface area contributed by atoms with Crippen molar-refractivity contribution in [2.45, 2.75) is 19.8 Å². The number of hydrogen-bond acceptors (Lipinski definition) is 4. The molecule has 1 heterocycles. The molecule has 0 fully saturated rings. The van der Waals surface area contributed by atoms with Crippen LogP contribution in [0.4, 0.5) is 15.2 Å². The first-order chi connectivity index (χ1) is 13.0. The molecule has 0 saturated heterocycles. The number of rotatable bonds is 6. The molecule has 138 valence electrons. The van der Waals surface area contributed by atoms with Crippen LogP contribution in [0.25, 0.3) is 11.3 Å². The number of anilines is 2. The number of thiazole rings is 1. The highest BCUT2D eigenvalue weighted by molar-refractivity contribution is 7.14. The maximum absolute atomic E-state index is 12.9. The van der Waals surface area contributed by atoms with E-state index in [0.717, 1.165) is 22.5 Å². The summed E-state index contributed by atoms with van der Waals surface area (Å²) in [7, 11) is 0. The SMILES string of the molecule is CC(=O)Nc1ccc(-c2csc(NC(=O)CCc3ccc(F)cc3)n2)cc1. The van der Waals surface area contributed by atoms with E-state index in [2.05, 4.69) is 15.6 Å². The van der Waals surface area contributed by atoms with Gasteiger partial charge in [0.2, 0.25) is 11.8 Å². The molecule has 3 rings (SSSR count). The smallest absolute Gasteiger partial charge is 0.226 e. The number of nitrogens with one attached hydrogen (secondary N) is 2. The molecule has 0 radical (unpaired) electrons. The van der Waals surface area contributed by atoms with E-state index in [0.29, 0.717) is 18.0 Å². The van der Waals surface area contributed by atoms with Crippen LogP contribution in [0.5, 0.6) is 0 Å². The summed E-state index contributed by atoms with van der Waals surface area (Å²) < 4.78 is 12.9. The number of benzene rings is 2. The zero-order valence-corrected chi connectivity index (χ0v) is 15.5. The first-order valence-corrected chi connectivity index (χ1v) is 9.25. The van der Waals surface area contributed by atoms with Crippen molar-refractivity contribution in [3.8, 4) is 11.3 Å². The molecular formula is C20H18FN3O2S. The van der Waals surface area contributed by atoms with Gasteiger partial charge in [0.1, 0.15) is 5.82 Å². The minimum Gasteiger partial charge on any atom is -0.326 e. The maximum atomic E-state index is 12.9. The number of amides is 2. The van der Waals surface area contributed by atoms with Gasteiger partial charge in [-0.15, -0.1) is 11.3 Å². The third-order valence-corrected chi connectivity index (χ3v) is 4.56. The molecule has 2 aromatic carbocycles. The Balaban J connectivity index is 1.56. The quantitative estimate of drug-likeness (QED) is 0.659. The molecule has 2 N–H and O–H groups in total. The van der Waals surface area contributed by atoms with Gasteiger partial charge < -0.3 is 10.6 Å². The summed E-state index contributed by atoms with van der Waals surface area (Å²) in [6.45, 7) is 1.46. The Morgan fingerprint density at radius 1 is 1.04 bits per heavy atom. The maximum Gasteiger partial charge on any atom is 0.226 e. The predicted molar refractivity (Wildman–Crippen MR) is 105 cm³/mol. The van der Waals surface area contributed by atoms with Crippen LogP contribution in [-0.2, 0) is 16.0 Å². The van der Waals surface area contributed by atoms with Crippen molar-refractivity contribution in [3.05, 3.63) is 65.3 Å². The molecule has 0 aliphatic heterocycles. The zero-order valence-electron chi connectivity index (χ0n) is 14.7. The van der Waals surface area contributed by atoms with E-state index >= 15 is 0 Å². The minimum atomic E-state index is -0.288. The Hall–Kier alpha value is -3.06. The molecule has 0 aliphatic rings. The number of carbonyl (C=O) groups excluding carboxylic acids is 2. The second-order valence-electron chi connectivity index (χ2n) is 5.97. The van der Waals surface area contributed by atoms with Crippen LogP contribution >= 0.6 is 11.3 Å². The minimum absolute atomic E-state index is 0.123. The standard InChI is InChI=1S/C20H18FN3O2S/c1-13(25)22-17-9-5-15(6-10-17)18-12-27-20(23-18)24-19(26)11-4-14-2-7-16(21)8-3-14/h2-3,5-10,12H,4,11H2,1H3,(H,22,25)(H,23,24,26). The van der Waals surface area contributed by atoms with Crippen molar-refractivity contribution < 1.29 is 14.0 Å². The Morgan fingerprint density at radius 3 is 2.41 bits per heavy atom. The first kappa shape index (κ1) is 18.7. The summed E-state index contributed by atoms with van der Waals surface area (Å²) in [5, 5.41) is 7.89. The molecule has 7 heteroatoms. The fourth-order valence-electron chi connectivity index (χ4n) is 2.48. The van der Waals surface area contributed by atoms with Crippen molar-refractivity contribution >= 4 is 34.0 Å². The summed E-state index contributed by atoms with van der Waals surface area (Å²) in [4.78, 5) is 27.6. The Morgan fingerprint density at radius 2 is 1.74 bits per heavy atom. The average molecular weight is 383 g/mol. The molecule has 0 saturated carbocycles. The zero-order chi connectivity index (χ0) is 19.2. The molecule has 0 aliphatic carbocycles. The number of aromatic nitrogens is 1. The lowest BCUT2D eigenvalue weighted by Crippen LogP contribution is -2.12. The normalized spacial score (nSPS) is 10.4. The van der Waals surface area contributed by atoms with E-state index in [1.165, 1.54) is 30.4 Å². The van der Waals surface area contributed by atoms with Gasteiger partial charge in [0.05, 0.1) is 5.69 Å². The van der Waals surface area contributed by atoms with E-state index in [4.69, 9.17) is 0 Å². The molecule has 0 bridgehead atoms. The van der Waals surface area contributed by atoms with Gasteiger partial charge in [0.25, 0.3) is 0 Å². The van der Waals surface area contributed by atoms with Crippen LogP contribution < -0.4 is 10.6 Å². The third-order valence-electron chi connectivity index (χ3n) is 3.81. The fraction of sp³-hybridized carbons (Fsp3) is 0.150. The van der Waals surface area contributed by atoms with E-state index < -0.39 is 0 Å². The van der Waals surface area contributed by atoms with E-state index in [1.54, 1.807) is 24.3 Å². The first-order valence-electron chi connectivity index (χ1n) is 8.37. The van der Waals surface area contributed by atoms with E-state index in [-0.39, 0.29) is 17.6 Å². The molecule has 0 unspecified atom stereocenters. The molecule has 27 heavy (non-hydrogen) atoms. The molecule has 3 aromatic rings. The van der Waals surface area contributed by atoms with Crippen LogP contribution in [0, 0.1) is 5.82 Å². The molecule has 0 atom stereocenters. The monoisotopic (exact) mass is 383 g/mol. The molecule has 2 amide bonds. The number of aryl methyl sites for hydroxylation is 1. The Labute approximate surface area is 160 Å². The van der Waals surface area contributed by atoms with Crippen molar-refractivity contribution in [2.24, 2.45) is 0 Å². The lowest BCUT2D eigenvalue weighted by molar-refractivity contribution is -0.116. The second-order valence-corrected chi connectivity index (χ2v) is 6.83. The largest absolute Gasteiger partial charge is 0.326 e. The van der Waals surface area contributed by atoms with Crippen molar-refractivity contribution in [2.75, 3.05) is 10.6 Å². The van der Waals surface area contributed by atoms with E-state index in [1.807, 2.05) is 17.5 Å². The highest BCUT2D eigenvalue weighted by Crippen LogP contribution is 2.26. The molecule has 1 aromatic heterocycles. The van der Waals surface area contributed by atoms with Crippen LogP contribution in [-0.4, -0.2) is 16.8 Å². The van der Waals surface area contributed by atoms with Crippen LogP contribution in [0.15, 0.2) is 53.9 Å². The fourth-order valence-corrected chi connectivity index (χ4v) is 3.22. The summed E-state index contributed by atoms with van der Waals surface area (Å²) in [6, 6.07) is 13.5. The van der Waals surface area contributed by atoms with Gasteiger partial charge in [0, 0.05) is 30.0 Å². The van der Waals surface area contributed by atoms with Gasteiger partial charge in [-0.25, -0.2) is 9.37 Å². The third kappa shape index (κ3) is 5.46. The highest BCUT2D eigenvalue weighted by Gasteiger charge is 2.09. The summed E-state index contributed by atoms with van der Waals surface area (Å²) in [5.41, 5.74) is 3.27. The summed E-state index contributed by atoms with van der Waals surface area (Å²) in [5.74, 6) is -0.549. The van der Waals surface area contributed by atoms with Gasteiger partial charge >= 0.3 is 0 Å². The van der Waals surface area contributed by atoms with Gasteiger partial charge in [-0.3, -0.25) is 9.59 Å². The lowest BCUT2D eigenvalue weighted by Gasteiger charge is -2.03. The van der Waals surface area contributed by atoms with Gasteiger partial charge in [-0.2, -0.15) is 0 Å². The topological polar surface area (TPSA) is 71.1 Å². The number of hydrogen-bond donors (Lipinski definition) is 2. The lowest BCUT2D eigenvalue weighted by atomic mass is 10.1. The summed E-state index contributed by atoms with van der Waals surface area (Å²) >= 11 is 1.35. The van der Waals surface area contributed by atoms with Crippen molar-refractivity contribution in [1.82, 2.24) is 4.98 Å². The molecule has 5 nitrogen and oxygen atoms in total. The Bertz CT molecular complexity index is 937. The average Bonchev–Trinajstić information content (AvgIpc) is 3.10. The predicted octanol–water partition coefficient (Wildman–Crippen LogP) is 4.48. The van der Waals surface area contributed by atoms with Crippen molar-refractivity contribution in [3.63, 3.8) is 0 Å². The van der Waals surface area contributed by atoms with E-state index in [9.17, 15) is 14.0 Å². The number of carbonyl (C=O) groups is 2. The van der Waals surface area contributed by atoms with Gasteiger partial charge in [-0.1, -0.05) is 24.3 Å².